The summed E-state index contributed by atoms with van der Waals surface area (Å²) in [5.41, 5.74) is -0.764. The van der Waals surface area contributed by atoms with Crippen molar-refractivity contribution in [3.8, 4) is 0 Å². The maximum Gasteiger partial charge on any atom is 0.159 e. The molecule has 1 N–H and O–H groups in total. The summed E-state index contributed by atoms with van der Waals surface area (Å²) < 4.78 is 22.4. The zero-order valence-corrected chi connectivity index (χ0v) is 11.4. The maximum absolute atomic E-state index is 12.1. The molecular weight excluding hydrogens is 240 g/mol. The van der Waals surface area contributed by atoms with Crippen LogP contribution >= 0.6 is 0 Å². The van der Waals surface area contributed by atoms with Gasteiger partial charge < -0.3 is 14.6 Å². The molecule has 0 aromatic rings. The molecule has 2 saturated heterocycles. The summed E-state index contributed by atoms with van der Waals surface area (Å²) in [4.78, 5) is 0. The van der Waals surface area contributed by atoms with Crippen LogP contribution in [0.2, 0.25) is 0 Å². The molecule has 2 unspecified atom stereocenters. The van der Waals surface area contributed by atoms with Gasteiger partial charge in [0.15, 0.2) is 6.29 Å². The first-order valence-electron chi connectivity index (χ1n) is 6.25. The third kappa shape index (κ3) is 2.89. The van der Waals surface area contributed by atoms with E-state index in [2.05, 4.69) is 0 Å². The smallest absolute Gasteiger partial charge is 0.159 e. The van der Waals surface area contributed by atoms with Gasteiger partial charge in [0.05, 0.1) is 5.60 Å². The van der Waals surface area contributed by atoms with Gasteiger partial charge in [-0.2, -0.15) is 0 Å². The van der Waals surface area contributed by atoms with Gasteiger partial charge in [0.25, 0.3) is 0 Å². The summed E-state index contributed by atoms with van der Waals surface area (Å²) in [6, 6.07) is 0. The molecule has 0 spiro atoms. The van der Waals surface area contributed by atoms with Gasteiger partial charge in [-0.1, -0.05) is 6.42 Å². The molecule has 2 fully saturated rings. The van der Waals surface area contributed by atoms with E-state index in [0.29, 0.717) is 19.3 Å². The van der Waals surface area contributed by atoms with Crippen molar-refractivity contribution in [3.63, 3.8) is 0 Å². The van der Waals surface area contributed by atoms with Gasteiger partial charge in [0.1, 0.15) is 0 Å². The molecule has 0 aromatic heterocycles. The van der Waals surface area contributed by atoms with Crippen molar-refractivity contribution in [2.24, 2.45) is 0 Å². The molecule has 0 aromatic carbocycles. The minimum absolute atomic E-state index is 0.168. The van der Waals surface area contributed by atoms with Crippen molar-refractivity contribution in [2.75, 3.05) is 14.2 Å². The van der Waals surface area contributed by atoms with Gasteiger partial charge in [-0.15, -0.1) is 0 Å². The zero-order chi connectivity index (χ0) is 12.5. The number of hydrogen-bond acceptors (Lipinski definition) is 4. The number of fused-ring (bicyclic) bond motifs is 2. The van der Waals surface area contributed by atoms with E-state index in [-0.39, 0.29) is 16.8 Å². The van der Waals surface area contributed by atoms with Crippen LogP contribution in [0.25, 0.3) is 0 Å². The standard InChI is InChI=1S/C12H22O4S/c1-15-11(16-2)8-12(13)6-9-4-3-5-10(7-12)17(9)14/h9-11,13H,3-8H2,1-2H3. The second kappa shape index (κ2) is 5.34. The number of methoxy groups -OCH3 is 2. The molecule has 0 radical (unpaired) electrons. The average molecular weight is 262 g/mol. The SMILES string of the molecule is COC(CC1(O)CC2CCCC(C1)S2=O)OC. The van der Waals surface area contributed by atoms with E-state index < -0.39 is 16.4 Å². The molecule has 2 atom stereocenters. The highest BCUT2D eigenvalue weighted by molar-refractivity contribution is 7.86. The summed E-state index contributed by atoms with van der Waals surface area (Å²) in [5, 5.41) is 11.0. The van der Waals surface area contributed by atoms with Gasteiger partial charge in [-0.05, 0) is 25.7 Å². The quantitative estimate of drug-likeness (QED) is 0.773. The monoisotopic (exact) mass is 262 g/mol. The Balaban J connectivity index is 2.04. The molecule has 2 aliphatic rings. The lowest BCUT2D eigenvalue weighted by Crippen LogP contribution is -2.50. The molecule has 0 saturated carbocycles. The van der Waals surface area contributed by atoms with E-state index in [1.165, 1.54) is 0 Å². The summed E-state index contributed by atoms with van der Waals surface area (Å²) in [5.74, 6) is 0. The molecular formula is C12H22O4S. The Morgan fingerprint density at radius 3 is 2.29 bits per heavy atom. The van der Waals surface area contributed by atoms with E-state index >= 15 is 0 Å². The molecule has 5 heteroatoms. The Morgan fingerprint density at radius 2 is 1.82 bits per heavy atom. The summed E-state index contributed by atoms with van der Waals surface area (Å²) in [7, 11) is 2.42. The Morgan fingerprint density at radius 1 is 1.29 bits per heavy atom. The lowest BCUT2D eigenvalue weighted by atomic mass is 9.83. The van der Waals surface area contributed by atoms with Crippen molar-refractivity contribution >= 4 is 10.8 Å². The number of aliphatic hydroxyl groups is 1. The third-order valence-corrected chi connectivity index (χ3v) is 6.12. The van der Waals surface area contributed by atoms with Crippen molar-refractivity contribution in [1.29, 1.82) is 0 Å². The van der Waals surface area contributed by atoms with Gasteiger partial charge in [-0.25, -0.2) is 0 Å². The molecule has 100 valence electrons. The summed E-state index contributed by atoms with van der Waals surface area (Å²) >= 11 is 0. The van der Waals surface area contributed by atoms with Crippen LogP contribution in [0.1, 0.15) is 38.5 Å². The Kier molecular flexibility index (Phi) is 4.23. The Bertz CT molecular complexity index is 274. The fourth-order valence-electron chi connectivity index (χ4n) is 3.12. The lowest BCUT2D eigenvalue weighted by molar-refractivity contribution is -0.148. The van der Waals surface area contributed by atoms with Gasteiger partial charge in [-0.3, -0.25) is 4.21 Å². The van der Waals surface area contributed by atoms with E-state index in [1.807, 2.05) is 0 Å². The Labute approximate surface area is 105 Å². The van der Waals surface area contributed by atoms with Crippen LogP contribution in [0.4, 0.5) is 0 Å². The Hall–Kier alpha value is 0.0300. The van der Waals surface area contributed by atoms with Crippen LogP contribution in [0.15, 0.2) is 0 Å². The van der Waals surface area contributed by atoms with Crippen molar-refractivity contribution < 1.29 is 18.8 Å². The molecule has 17 heavy (non-hydrogen) atoms. The van der Waals surface area contributed by atoms with Gasteiger partial charge in [0.2, 0.25) is 0 Å². The van der Waals surface area contributed by atoms with Crippen LogP contribution < -0.4 is 0 Å². The van der Waals surface area contributed by atoms with Crippen LogP contribution in [-0.4, -0.2) is 45.9 Å². The largest absolute Gasteiger partial charge is 0.390 e. The normalized spacial score (nSPS) is 41.8. The van der Waals surface area contributed by atoms with Crippen LogP contribution in [0.5, 0.6) is 0 Å². The third-order valence-electron chi connectivity index (χ3n) is 4.00. The van der Waals surface area contributed by atoms with Crippen molar-refractivity contribution in [3.05, 3.63) is 0 Å². The van der Waals surface area contributed by atoms with Crippen LogP contribution in [-0.2, 0) is 20.3 Å². The molecule has 2 aliphatic heterocycles. The van der Waals surface area contributed by atoms with Crippen LogP contribution in [0, 0.1) is 0 Å². The predicted molar refractivity (Wildman–Crippen MR) is 66.2 cm³/mol. The fraction of sp³-hybridized carbons (Fsp3) is 1.00. The minimum atomic E-state index is -0.764. The molecule has 2 heterocycles. The van der Waals surface area contributed by atoms with Gasteiger partial charge >= 0.3 is 0 Å². The first kappa shape index (κ1) is 13.5. The summed E-state index contributed by atoms with van der Waals surface area (Å²) in [6.07, 6.45) is 4.47. The molecule has 0 aliphatic carbocycles. The zero-order valence-electron chi connectivity index (χ0n) is 10.6. The predicted octanol–water partition coefficient (Wildman–Crippen LogP) is 1.19. The van der Waals surface area contributed by atoms with E-state index in [0.717, 1.165) is 19.3 Å². The lowest BCUT2D eigenvalue weighted by Gasteiger charge is -2.44. The molecule has 2 rings (SSSR count). The first-order chi connectivity index (χ1) is 8.08. The first-order valence-corrected chi connectivity index (χ1v) is 7.53. The maximum atomic E-state index is 12.1. The minimum Gasteiger partial charge on any atom is -0.390 e. The highest BCUT2D eigenvalue weighted by Crippen LogP contribution is 2.41. The van der Waals surface area contributed by atoms with E-state index in [9.17, 15) is 9.32 Å². The van der Waals surface area contributed by atoms with Gasteiger partial charge in [0, 0.05) is 41.9 Å². The van der Waals surface area contributed by atoms with Crippen molar-refractivity contribution in [2.45, 2.75) is 60.9 Å². The average Bonchev–Trinajstić information content (AvgIpc) is 2.29. The molecule has 2 bridgehead atoms. The fourth-order valence-corrected chi connectivity index (χ4v) is 5.41. The molecule has 4 nitrogen and oxygen atoms in total. The highest BCUT2D eigenvalue weighted by atomic mass is 32.2. The molecule has 0 amide bonds. The van der Waals surface area contributed by atoms with Crippen LogP contribution in [0.3, 0.4) is 0 Å². The summed E-state index contributed by atoms with van der Waals surface area (Å²) in [6.45, 7) is 0. The van der Waals surface area contributed by atoms with E-state index in [4.69, 9.17) is 9.47 Å². The van der Waals surface area contributed by atoms with E-state index in [1.54, 1.807) is 14.2 Å². The number of rotatable bonds is 4. The number of ether oxygens (including phenoxy) is 2. The second-order valence-corrected chi connectivity index (χ2v) is 7.23. The highest BCUT2D eigenvalue weighted by Gasteiger charge is 2.46. The van der Waals surface area contributed by atoms with Crippen molar-refractivity contribution in [1.82, 2.24) is 0 Å². The topological polar surface area (TPSA) is 55.8 Å². The second-order valence-electron chi connectivity index (χ2n) is 5.24. The number of hydrogen-bond donors (Lipinski definition) is 1.